The van der Waals surface area contributed by atoms with E-state index >= 15 is 0 Å². The highest BCUT2D eigenvalue weighted by Gasteiger charge is 2.13. The second kappa shape index (κ2) is 7.03. The monoisotopic (exact) mass is 386 g/mol. The molecular weight excluding hydrogens is 368 g/mol. The Morgan fingerprint density at radius 1 is 0.600 bits per heavy atom. The Bertz CT molecular complexity index is 1510. The minimum absolute atomic E-state index is 0.530. The third kappa shape index (κ3) is 2.63. The van der Waals surface area contributed by atoms with E-state index in [1.165, 1.54) is 26.9 Å². The molecule has 2 heteroatoms. The number of terminal acetylenes is 1. The number of ether oxygens (including phenoxy) is 2. The molecule has 142 valence electrons. The van der Waals surface area contributed by atoms with Crippen LogP contribution in [0.2, 0.25) is 0 Å². The first kappa shape index (κ1) is 17.9. The molecule has 0 spiro atoms. The van der Waals surface area contributed by atoms with E-state index in [0.717, 1.165) is 16.5 Å². The first-order chi connectivity index (χ1) is 14.7. The summed E-state index contributed by atoms with van der Waals surface area (Å²) in [5.74, 6) is 10.3. The summed E-state index contributed by atoms with van der Waals surface area (Å²) in [6, 6.07) is 23.0. The standard InChI is InChI=1S/C28H18O2/c1-4-18-8-14-23(28(30-3)27(18)29-2)15-10-19-9-11-22-13-12-20-6-5-7-21-16-17-24(19)26(22)25(20)21/h1,5-9,11-14,16-17H,2-3H3. The molecule has 0 radical (unpaired) electrons. The molecule has 0 bridgehead atoms. The van der Waals surface area contributed by atoms with E-state index < -0.39 is 0 Å². The van der Waals surface area contributed by atoms with E-state index in [2.05, 4.69) is 72.4 Å². The lowest BCUT2D eigenvalue weighted by Gasteiger charge is -2.12. The van der Waals surface area contributed by atoms with E-state index in [1.54, 1.807) is 14.2 Å². The normalized spacial score (nSPS) is 10.7. The van der Waals surface area contributed by atoms with Gasteiger partial charge in [0, 0.05) is 5.56 Å². The topological polar surface area (TPSA) is 18.5 Å². The van der Waals surface area contributed by atoms with Gasteiger partial charge in [-0.05, 0) is 50.5 Å². The van der Waals surface area contributed by atoms with Gasteiger partial charge in [0.25, 0.3) is 0 Å². The summed E-state index contributed by atoms with van der Waals surface area (Å²) >= 11 is 0. The molecule has 0 aliphatic rings. The van der Waals surface area contributed by atoms with Gasteiger partial charge in [-0.2, -0.15) is 0 Å². The smallest absolute Gasteiger partial charge is 0.177 e. The Kier molecular flexibility index (Phi) is 4.20. The van der Waals surface area contributed by atoms with E-state index in [-0.39, 0.29) is 0 Å². The van der Waals surface area contributed by atoms with Gasteiger partial charge < -0.3 is 9.47 Å². The molecule has 0 atom stereocenters. The Balaban J connectivity index is 1.74. The van der Waals surface area contributed by atoms with E-state index in [1.807, 2.05) is 12.1 Å². The predicted molar refractivity (Wildman–Crippen MR) is 124 cm³/mol. The minimum Gasteiger partial charge on any atom is -0.492 e. The van der Waals surface area contributed by atoms with Crippen molar-refractivity contribution in [3.63, 3.8) is 0 Å². The quantitative estimate of drug-likeness (QED) is 0.274. The van der Waals surface area contributed by atoms with Crippen LogP contribution in [0.4, 0.5) is 0 Å². The minimum atomic E-state index is 0.530. The van der Waals surface area contributed by atoms with Gasteiger partial charge in [-0.25, -0.2) is 0 Å². The third-order valence-electron chi connectivity index (χ3n) is 5.54. The maximum Gasteiger partial charge on any atom is 0.177 e. The molecule has 5 aromatic carbocycles. The third-order valence-corrected chi connectivity index (χ3v) is 5.54. The van der Waals surface area contributed by atoms with Crippen molar-refractivity contribution in [3.8, 4) is 35.7 Å². The van der Waals surface area contributed by atoms with Gasteiger partial charge in [0.1, 0.15) is 0 Å². The largest absolute Gasteiger partial charge is 0.492 e. The summed E-state index contributed by atoms with van der Waals surface area (Å²) in [5, 5.41) is 7.39. The molecule has 0 fully saturated rings. The van der Waals surface area contributed by atoms with Crippen LogP contribution in [0.1, 0.15) is 16.7 Å². The molecule has 5 rings (SSSR count). The fraction of sp³-hybridized carbons (Fsp3) is 0.0714. The first-order valence-corrected chi connectivity index (χ1v) is 9.65. The SMILES string of the molecule is C#Cc1ccc(C#Cc2ccc3ccc4cccc5ccc2c3c45)c(OC)c1OC. The molecule has 0 unspecified atom stereocenters. The number of hydrogen-bond acceptors (Lipinski definition) is 2. The van der Waals surface area contributed by atoms with Crippen LogP contribution in [0.5, 0.6) is 11.5 Å². The fourth-order valence-electron chi connectivity index (χ4n) is 4.16. The summed E-state index contributed by atoms with van der Waals surface area (Å²) in [5.41, 5.74) is 2.35. The van der Waals surface area contributed by atoms with Crippen LogP contribution in [0.3, 0.4) is 0 Å². The average molecular weight is 386 g/mol. The second-order valence-corrected chi connectivity index (χ2v) is 7.09. The number of benzene rings is 5. The maximum absolute atomic E-state index is 5.58. The number of hydrogen-bond donors (Lipinski definition) is 0. The molecule has 0 amide bonds. The Labute approximate surface area is 175 Å². The number of rotatable bonds is 2. The maximum atomic E-state index is 5.58. The van der Waals surface area contributed by atoms with Crippen LogP contribution in [-0.4, -0.2) is 14.2 Å². The van der Waals surface area contributed by atoms with Crippen LogP contribution in [-0.2, 0) is 0 Å². The molecule has 0 saturated heterocycles. The van der Waals surface area contributed by atoms with Crippen LogP contribution in [0.25, 0.3) is 32.3 Å². The van der Waals surface area contributed by atoms with Crippen LogP contribution >= 0.6 is 0 Å². The highest BCUT2D eigenvalue weighted by Crippen LogP contribution is 2.36. The molecule has 0 heterocycles. The molecule has 5 aromatic rings. The number of methoxy groups -OCH3 is 2. The van der Waals surface area contributed by atoms with Crippen molar-refractivity contribution in [3.05, 3.63) is 83.4 Å². The van der Waals surface area contributed by atoms with Gasteiger partial charge in [0.15, 0.2) is 11.5 Å². The van der Waals surface area contributed by atoms with Gasteiger partial charge in [0.2, 0.25) is 0 Å². The summed E-state index contributed by atoms with van der Waals surface area (Å²) in [6.45, 7) is 0. The predicted octanol–water partition coefficient (Wildman–Crippen LogP) is 5.98. The van der Waals surface area contributed by atoms with Gasteiger partial charge in [-0.1, -0.05) is 66.3 Å². The molecule has 30 heavy (non-hydrogen) atoms. The van der Waals surface area contributed by atoms with Crippen molar-refractivity contribution >= 4 is 32.3 Å². The zero-order chi connectivity index (χ0) is 20.7. The average Bonchev–Trinajstić information content (AvgIpc) is 2.80. The van der Waals surface area contributed by atoms with Crippen LogP contribution in [0, 0.1) is 24.2 Å². The van der Waals surface area contributed by atoms with Crippen LogP contribution < -0.4 is 9.47 Å². The molecule has 2 nitrogen and oxygen atoms in total. The summed E-state index contributed by atoms with van der Waals surface area (Å²) in [7, 11) is 3.18. The Morgan fingerprint density at radius 2 is 1.13 bits per heavy atom. The molecule has 0 aliphatic carbocycles. The van der Waals surface area contributed by atoms with Gasteiger partial charge in [0.05, 0.1) is 25.3 Å². The van der Waals surface area contributed by atoms with E-state index in [0.29, 0.717) is 17.1 Å². The molecular formula is C28H18O2. The van der Waals surface area contributed by atoms with Crippen molar-refractivity contribution < 1.29 is 9.47 Å². The molecule has 0 N–H and O–H groups in total. The van der Waals surface area contributed by atoms with Crippen molar-refractivity contribution in [1.29, 1.82) is 0 Å². The van der Waals surface area contributed by atoms with Gasteiger partial charge >= 0.3 is 0 Å². The Hall–Kier alpha value is -4.14. The lowest BCUT2D eigenvalue weighted by Crippen LogP contribution is -1.96. The van der Waals surface area contributed by atoms with Crippen LogP contribution in [0.15, 0.2) is 66.7 Å². The highest BCUT2D eigenvalue weighted by atomic mass is 16.5. The van der Waals surface area contributed by atoms with Crippen molar-refractivity contribution in [2.45, 2.75) is 0 Å². The summed E-state index contributed by atoms with van der Waals surface area (Å²) < 4.78 is 11.0. The first-order valence-electron chi connectivity index (χ1n) is 9.65. The molecule has 0 aliphatic heterocycles. The van der Waals surface area contributed by atoms with E-state index in [4.69, 9.17) is 15.9 Å². The zero-order valence-electron chi connectivity index (χ0n) is 16.7. The second-order valence-electron chi connectivity index (χ2n) is 7.09. The van der Waals surface area contributed by atoms with Crippen molar-refractivity contribution in [1.82, 2.24) is 0 Å². The van der Waals surface area contributed by atoms with E-state index in [9.17, 15) is 0 Å². The molecule has 0 saturated carbocycles. The van der Waals surface area contributed by atoms with Gasteiger partial charge in [-0.3, -0.25) is 0 Å². The summed E-state index contributed by atoms with van der Waals surface area (Å²) in [6.07, 6.45) is 5.58. The Morgan fingerprint density at radius 3 is 1.83 bits per heavy atom. The fourth-order valence-corrected chi connectivity index (χ4v) is 4.16. The summed E-state index contributed by atoms with van der Waals surface area (Å²) in [4.78, 5) is 0. The zero-order valence-corrected chi connectivity index (χ0v) is 16.7. The van der Waals surface area contributed by atoms with Crippen molar-refractivity contribution in [2.24, 2.45) is 0 Å². The molecule has 0 aromatic heterocycles. The highest BCUT2D eigenvalue weighted by molar-refractivity contribution is 6.23. The van der Waals surface area contributed by atoms with Crippen molar-refractivity contribution in [2.75, 3.05) is 14.2 Å². The van der Waals surface area contributed by atoms with Gasteiger partial charge in [-0.15, -0.1) is 6.42 Å². The lowest BCUT2D eigenvalue weighted by molar-refractivity contribution is 0.353. The lowest BCUT2D eigenvalue weighted by atomic mass is 9.92.